The number of aliphatic carboxylic acids is 1. The highest BCUT2D eigenvalue weighted by Crippen LogP contribution is 2.41. The Morgan fingerprint density at radius 1 is 1.20 bits per heavy atom. The van der Waals surface area contributed by atoms with Crippen LogP contribution >= 0.6 is 0 Å². The summed E-state index contributed by atoms with van der Waals surface area (Å²) in [6, 6.07) is -0.0595. The van der Waals surface area contributed by atoms with Crippen molar-refractivity contribution < 1.29 is 19.4 Å². The van der Waals surface area contributed by atoms with Gasteiger partial charge in [0.25, 0.3) is 0 Å². The first-order valence-corrected chi connectivity index (χ1v) is 7.53. The quantitative estimate of drug-likeness (QED) is 0.811. The third-order valence-corrected chi connectivity index (χ3v) is 4.97. The Labute approximate surface area is 118 Å². The van der Waals surface area contributed by atoms with Gasteiger partial charge in [-0.3, -0.25) is 4.79 Å². The molecule has 0 saturated carbocycles. The van der Waals surface area contributed by atoms with E-state index >= 15 is 0 Å². The lowest BCUT2D eigenvalue weighted by Crippen LogP contribution is -2.46. The number of carbonyl (C=O) groups excluding carboxylic acids is 1. The number of fused-ring (bicyclic) bond motifs is 2. The number of nitrogens with one attached hydrogen (secondary N) is 1. The molecule has 112 valence electrons. The molecule has 3 aliphatic heterocycles. The molecular formula is C14H22N2O4. The average molecular weight is 282 g/mol. The van der Waals surface area contributed by atoms with Gasteiger partial charge < -0.3 is 20.1 Å². The minimum atomic E-state index is -0.764. The molecule has 3 rings (SSSR count). The van der Waals surface area contributed by atoms with E-state index < -0.39 is 5.97 Å². The Bertz CT molecular complexity index is 395. The van der Waals surface area contributed by atoms with Crippen molar-refractivity contribution in [2.24, 2.45) is 11.8 Å². The monoisotopic (exact) mass is 282 g/mol. The van der Waals surface area contributed by atoms with Gasteiger partial charge in [0.2, 0.25) is 0 Å². The second-order valence-electron chi connectivity index (χ2n) is 6.13. The maximum atomic E-state index is 12.3. The van der Waals surface area contributed by atoms with Gasteiger partial charge in [-0.1, -0.05) is 0 Å². The van der Waals surface area contributed by atoms with Crippen LogP contribution in [0.1, 0.15) is 32.1 Å². The van der Waals surface area contributed by atoms with Crippen LogP contribution in [0.5, 0.6) is 0 Å². The molecule has 2 bridgehead atoms. The van der Waals surface area contributed by atoms with Gasteiger partial charge in [-0.2, -0.15) is 0 Å². The van der Waals surface area contributed by atoms with Crippen LogP contribution in [0.3, 0.4) is 0 Å². The van der Waals surface area contributed by atoms with Gasteiger partial charge in [0.1, 0.15) is 0 Å². The zero-order valence-corrected chi connectivity index (χ0v) is 11.6. The largest absolute Gasteiger partial charge is 0.481 e. The van der Waals surface area contributed by atoms with Gasteiger partial charge in [-0.05, 0) is 38.0 Å². The molecule has 3 unspecified atom stereocenters. The van der Waals surface area contributed by atoms with Crippen LogP contribution in [0.25, 0.3) is 0 Å². The Morgan fingerprint density at radius 2 is 1.95 bits per heavy atom. The maximum Gasteiger partial charge on any atom is 0.317 e. The van der Waals surface area contributed by atoms with E-state index in [1.807, 2.05) is 0 Å². The standard InChI is InChI=1S/C14H22N2O4/c17-13(18)11-7-10-1-2-12(11)16(10)14(19)15-8-9-3-5-20-6-4-9/h9-12H,1-8H2,(H,15,19)(H,17,18). The fraction of sp³-hybridized carbons (Fsp3) is 0.857. The SMILES string of the molecule is O=C(O)C1CC2CCC1N2C(=O)NCC1CCOCC1. The van der Waals surface area contributed by atoms with E-state index in [0.29, 0.717) is 18.9 Å². The molecule has 20 heavy (non-hydrogen) atoms. The molecule has 3 fully saturated rings. The minimum Gasteiger partial charge on any atom is -0.481 e. The molecule has 2 N–H and O–H groups in total. The fourth-order valence-corrected chi connectivity index (χ4v) is 3.84. The van der Waals surface area contributed by atoms with Gasteiger partial charge in [0.05, 0.1) is 5.92 Å². The molecule has 0 spiro atoms. The number of carbonyl (C=O) groups is 2. The number of carboxylic acid groups (broad SMARTS) is 1. The van der Waals surface area contributed by atoms with Crippen molar-refractivity contribution in [2.45, 2.75) is 44.2 Å². The van der Waals surface area contributed by atoms with Crippen LogP contribution in [0.2, 0.25) is 0 Å². The van der Waals surface area contributed by atoms with Crippen molar-refractivity contribution >= 4 is 12.0 Å². The Morgan fingerprint density at radius 3 is 2.60 bits per heavy atom. The number of nitrogens with zero attached hydrogens (tertiary/aromatic N) is 1. The molecule has 0 aromatic heterocycles. The van der Waals surface area contributed by atoms with Crippen molar-refractivity contribution in [3.63, 3.8) is 0 Å². The molecule has 6 nitrogen and oxygen atoms in total. The lowest BCUT2D eigenvalue weighted by atomic mass is 9.89. The van der Waals surface area contributed by atoms with Gasteiger partial charge in [-0.25, -0.2) is 4.79 Å². The van der Waals surface area contributed by atoms with Crippen molar-refractivity contribution in [3.8, 4) is 0 Å². The van der Waals surface area contributed by atoms with E-state index in [1.54, 1.807) is 4.90 Å². The van der Waals surface area contributed by atoms with Crippen LogP contribution in [0.4, 0.5) is 4.79 Å². The zero-order chi connectivity index (χ0) is 14.1. The third-order valence-electron chi connectivity index (χ3n) is 4.97. The lowest BCUT2D eigenvalue weighted by molar-refractivity contribution is -0.142. The number of hydrogen-bond acceptors (Lipinski definition) is 3. The normalized spacial score (nSPS) is 33.4. The molecule has 0 aliphatic carbocycles. The van der Waals surface area contributed by atoms with E-state index in [4.69, 9.17) is 4.74 Å². The molecule has 0 aromatic rings. The highest BCUT2D eigenvalue weighted by Gasteiger charge is 2.51. The number of carboxylic acids is 1. The van der Waals surface area contributed by atoms with E-state index in [-0.39, 0.29) is 24.0 Å². The van der Waals surface area contributed by atoms with E-state index in [1.165, 1.54) is 0 Å². The van der Waals surface area contributed by atoms with Crippen molar-refractivity contribution in [1.82, 2.24) is 10.2 Å². The summed E-state index contributed by atoms with van der Waals surface area (Å²) in [5, 5.41) is 12.2. The third kappa shape index (κ3) is 2.49. The average Bonchev–Trinajstić information content (AvgIpc) is 3.03. The van der Waals surface area contributed by atoms with Gasteiger partial charge in [-0.15, -0.1) is 0 Å². The molecule has 3 heterocycles. The smallest absolute Gasteiger partial charge is 0.317 e. The number of amides is 2. The molecule has 2 amide bonds. The summed E-state index contributed by atoms with van der Waals surface area (Å²) >= 11 is 0. The summed E-state index contributed by atoms with van der Waals surface area (Å²) in [7, 11) is 0. The van der Waals surface area contributed by atoms with Gasteiger partial charge >= 0.3 is 12.0 Å². The molecule has 6 heteroatoms. The van der Waals surface area contributed by atoms with Crippen LogP contribution in [0.15, 0.2) is 0 Å². The molecular weight excluding hydrogens is 260 g/mol. The van der Waals surface area contributed by atoms with Crippen molar-refractivity contribution in [2.75, 3.05) is 19.8 Å². The predicted octanol–water partition coefficient (Wildman–Crippen LogP) is 1.06. The fourth-order valence-electron chi connectivity index (χ4n) is 3.84. The van der Waals surface area contributed by atoms with Crippen LogP contribution in [0, 0.1) is 11.8 Å². The summed E-state index contributed by atoms with van der Waals surface area (Å²) in [5.41, 5.74) is 0. The Hall–Kier alpha value is -1.30. The lowest BCUT2D eigenvalue weighted by Gasteiger charge is -2.26. The number of urea groups is 1. The van der Waals surface area contributed by atoms with E-state index in [0.717, 1.165) is 38.9 Å². The number of rotatable bonds is 3. The Balaban J connectivity index is 1.54. The second-order valence-corrected chi connectivity index (χ2v) is 6.13. The Kier molecular flexibility index (Phi) is 3.83. The molecule has 0 radical (unpaired) electrons. The summed E-state index contributed by atoms with van der Waals surface area (Å²) < 4.78 is 5.30. The molecule has 3 aliphatic rings. The first-order chi connectivity index (χ1) is 9.66. The topological polar surface area (TPSA) is 78.9 Å². The number of hydrogen-bond donors (Lipinski definition) is 2. The predicted molar refractivity (Wildman–Crippen MR) is 71.3 cm³/mol. The first-order valence-electron chi connectivity index (χ1n) is 7.53. The van der Waals surface area contributed by atoms with Crippen LogP contribution in [-0.4, -0.2) is 53.8 Å². The summed E-state index contributed by atoms with van der Waals surface area (Å²) in [5.74, 6) is -0.648. The van der Waals surface area contributed by atoms with Gasteiger partial charge in [0, 0.05) is 31.8 Å². The summed E-state index contributed by atoms with van der Waals surface area (Å²) in [6.07, 6.45) is 4.37. The zero-order valence-electron chi connectivity index (χ0n) is 11.6. The molecule has 3 atom stereocenters. The molecule has 0 aromatic carbocycles. The van der Waals surface area contributed by atoms with Gasteiger partial charge in [0.15, 0.2) is 0 Å². The highest BCUT2D eigenvalue weighted by molar-refractivity contribution is 5.79. The highest BCUT2D eigenvalue weighted by atomic mass is 16.5. The van der Waals surface area contributed by atoms with Crippen molar-refractivity contribution in [3.05, 3.63) is 0 Å². The second kappa shape index (κ2) is 5.60. The van der Waals surface area contributed by atoms with Crippen LogP contribution < -0.4 is 5.32 Å². The van der Waals surface area contributed by atoms with Crippen molar-refractivity contribution in [1.29, 1.82) is 0 Å². The number of ether oxygens (including phenoxy) is 1. The van der Waals surface area contributed by atoms with E-state index in [9.17, 15) is 14.7 Å². The first kappa shape index (κ1) is 13.7. The minimum absolute atomic E-state index is 0.0762. The summed E-state index contributed by atoms with van der Waals surface area (Å²) in [4.78, 5) is 25.3. The van der Waals surface area contributed by atoms with Crippen LogP contribution in [-0.2, 0) is 9.53 Å². The maximum absolute atomic E-state index is 12.3. The van der Waals surface area contributed by atoms with E-state index in [2.05, 4.69) is 5.32 Å². The summed E-state index contributed by atoms with van der Waals surface area (Å²) in [6.45, 7) is 2.23. The molecule has 3 saturated heterocycles.